The van der Waals surface area contributed by atoms with Crippen LogP contribution in [-0.2, 0) is 7.05 Å². The molecule has 0 aliphatic heterocycles. The van der Waals surface area contributed by atoms with Gasteiger partial charge in [-0.15, -0.1) is 0 Å². The summed E-state index contributed by atoms with van der Waals surface area (Å²) in [6, 6.07) is 10.5. The molecule has 0 amide bonds. The van der Waals surface area contributed by atoms with Crippen LogP contribution in [0.4, 0.5) is 0 Å². The van der Waals surface area contributed by atoms with E-state index in [0.717, 1.165) is 17.0 Å². The highest BCUT2D eigenvalue weighted by Gasteiger charge is 2.17. The lowest BCUT2D eigenvalue weighted by Crippen LogP contribution is -2.31. The second-order valence-corrected chi connectivity index (χ2v) is 4.42. The van der Waals surface area contributed by atoms with Crippen molar-refractivity contribution in [2.75, 3.05) is 0 Å². The van der Waals surface area contributed by atoms with Crippen LogP contribution < -0.4 is 4.57 Å². The minimum Gasteiger partial charge on any atom is -0.244 e. The van der Waals surface area contributed by atoms with Gasteiger partial charge in [0.1, 0.15) is 19.1 Å². The maximum Gasteiger partial charge on any atom is 0.239 e. The van der Waals surface area contributed by atoms with Gasteiger partial charge in [-0.3, -0.25) is 0 Å². The van der Waals surface area contributed by atoms with Gasteiger partial charge in [-0.2, -0.15) is 4.57 Å². The molecule has 0 bridgehead atoms. The molecule has 3 heteroatoms. The van der Waals surface area contributed by atoms with Crippen molar-refractivity contribution in [3.8, 4) is 11.4 Å². The lowest BCUT2D eigenvalue weighted by Gasteiger charge is -2.05. The standard InChI is InChI=1S/C15H14N3/c1-11-9-16-10-17-14(11)15-13-6-4-3-5-12(13)7-8-18(15)2/h3-10H,1-2H3/q+1. The molecule has 0 unspecified atom stereocenters. The van der Waals surface area contributed by atoms with Crippen LogP contribution in [0, 0.1) is 6.92 Å². The summed E-state index contributed by atoms with van der Waals surface area (Å²) in [5.74, 6) is 0. The van der Waals surface area contributed by atoms with Crippen molar-refractivity contribution in [2.24, 2.45) is 7.05 Å². The van der Waals surface area contributed by atoms with E-state index in [4.69, 9.17) is 0 Å². The predicted octanol–water partition coefficient (Wildman–Crippen LogP) is 2.43. The van der Waals surface area contributed by atoms with Gasteiger partial charge in [0.15, 0.2) is 6.20 Å². The van der Waals surface area contributed by atoms with E-state index >= 15 is 0 Å². The minimum absolute atomic E-state index is 0.990. The van der Waals surface area contributed by atoms with Gasteiger partial charge in [-0.25, -0.2) is 9.97 Å². The van der Waals surface area contributed by atoms with Crippen LogP contribution >= 0.6 is 0 Å². The summed E-state index contributed by atoms with van der Waals surface area (Å²) in [4.78, 5) is 8.49. The second-order valence-electron chi connectivity index (χ2n) is 4.42. The molecule has 0 radical (unpaired) electrons. The van der Waals surface area contributed by atoms with Gasteiger partial charge < -0.3 is 0 Å². The molecule has 3 rings (SSSR count). The lowest BCUT2D eigenvalue weighted by atomic mass is 10.1. The van der Waals surface area contributed by atoms with Crippen LogP contribution in [0.25, 0.3) is 22.2 Å². The number of hydrogen-bond donors (Lipinski definition) is 0. The normalized spacial score (nSPS) is 10.8. The molecule has 0 fully saturated rings. The van der Waals surface area contributed by atoms with Crippen LogP contribution in [0.5, 0.6) is 0 Å². The van der Waals surface area contributed by atoms with Gasteiger partial charge in [-0.1, -0.05) is 18.2 Å². The molecule has 0 atom stereocenters. The van der Waals surface area contributed by atoms with E-state index < -0.39 is 0 Å². The highest BCUT2D eigenvalue weighted by molar-refractivity contribution is 5.92. The summed E-state index contributed by atoms with van der Waals surface area (Å²) in [7, 11) is 2.04. The molecule has 0 aliphatic carbocycles. The van der Waals surface area contributed by atoms with Crippen molar-refractivity contribution in [3.63, 3.8) is 0 Å². The smallest absolute Gasteiger partial charge is 0.239 e. The SMILES string of the molecule is Cc1cncnc1-c1c2ccccc2cc[n+]1C. The third-order valence-corrected chi connectivity index (χ3v) is 3.17. The molecule has 3 nitrogen and oxygen atoms in total. The fraction of sp³-hybridized carbons (Fsp3) is 0.133. The molecule has 0 aliphatic rings. The highest BCUT2D eigenvalue weighted by Crippen LogP contribution is 2.24. The van der Waals surface area contributed by atoms with Crippen molar-refractivity contribution < 1.29 is 4.57 Å². The quantitative estimate of drug-likeness (QED) is 0.607. The summed E-state index contributed by atoms with van der Waals surface area (Å²) in [6.45, 7) is 2.04. The first-order valence-corrected chi connectivity index (χ1v) is 5.92. The van der Waals surface area contributed by atoms with E-state index in [0.29, 0.717) is 0 Å². The number of rotatable bonds is 1. The Morgan fingerprint density at radius 2 is 1.94 bits per heavy atom. The molecule has 2 heterocycles. The monoisotopic (exact) mass is 236 g/mol. The third-order valence-electron chi connectivity index (χ3n) is 3.17. The van der Waals surface area contributed by atoms with Gasteiger partial charge in [0.05, 0.1) is 5.39 Å². The summed E-state index contributed by atoms with van der Waals surface area (Å²) in [6.07, 6.45) is 5.52. The first-order valence-electron chi connectivity index (χ1n) is 5.92. The predicted molar refractivity (Wildman–Crippen MR) is 70.9 cm³/mol. The Labute approximate surface area is 106 Å². The maximum atomic E-state index is 4.43. The van der Waals surface area contributed by atoms with Gasteiger partial charge in [0, 0.05) is 12.3 Å². The van der Waals surface area contributed by atoms with E-state index in [9.17, 15) is 0 Å². The molecule has 18 heavy (non-hydrogen) atoms. The van der Waals surface area contributed by atoms with Gasteiger partial charge >= 0.3 is 0 Å². The summed E-state index contributed by atoms with van der Waals surface area (Å²) >= 11 is 0. The molecule has 3 aromatic rings. The Hall–Kier alpha value is -2.29. The maximum absolute atomic E-state index is 4.43. The molecular weight excluding hydrogens is 222 g/mol. The lowest BCUT2D eigenvalue weighted by molar-refractivity contribution is -0.659. The van der Waals surface area contributed by atoms with Crippen LogP contribution in [0.3, 0.4) is 0 Å². The van der Waals surface area contributed by atoms with Crippen molar-refractivity contribution in [3.05, 3.63) is 54.6 Å². The number of fused-ring (bicyclic) bond motifs is 1. The van der Waals surface area contributed by atoms with Crippen molar-refractivity contribution in [1.82, 2.24) is 9.97 Å². The van der Waals surface area contributed by atoms with Crippen LogP contribution in [-0.4, -0.2) is 9.97 Å². The average Bonchev–Trinajstić information content (AvgIpc) is 2.40. The topological polar surface area (TPSA) is 29.7 Å². The summed E-state index contributed by atoms with van der Waals surface area (Å²) in [5.41, 5.74) is 3.21. The molecule has 0 saturated carbocycles. The number of pyridine rings is 1. The molecule has 88 valence electrons. The largest absolute Gasteiger partial charge is 0.244 e. The van der Waals surface area contributed by atoms with Crippen molar-refractivity contribution in [2.45, 2.75) is 6.92 Å². The Morgan fingerprint density at radius 1 is 1.11 bits per heavy atom. The molecule has 0 N–H and O–H groups in total. The summed E-state index contributed by atoms with van der Waals surface area (Å²) in [5, 5.41) is 2.44. The zero-order chi connectivity index (χ0) is 12.5. The fourth-order valence-corrected chi connectivity index (χ4v) is 2.26. The Morgan fingerprint density at radius 3 is 2.78 bits per heavy atom. The molecule has 0 saturated heterocycles. The first kappa shape index (κ1) is 10.8. The first-order chi connectivity index (χ1) is 8.77. The number of aromatic nitrogens is 3. The van der Waals surface area contributed by atoms with Crippen molar-refractivity contribution >= 4 is 10.8 Å². The number of aryl methyl sites for hydroxylation is 2. The molecule has 2 aromatic heterocycles. The fourth-order valence-electron chi connectivity index (χ4n) is 2.26. The van der Waals surface area contributed by atoms with Gasteiger partial charge in [0.25, 0.3) is 0 Å². The molecule has 0 spiro atoms. The summed E-state index contributed by atoms with van der Waals surface area (Å²) < 4.78 is 2.11. The van der Waals surface area contributed by atoms with Crippen molar-refractivity contribution in [1.29, 1.82) is 0 Å². The van der Waals surface area contributed by atoms with E-state index in [1.165, 1.54) is 10.8 Å². The number of benzene rings is 1. The van der Waals surface area contributed by atoms with E-state index in [-0.39, 0.29) is 0 Å². The van der Waals surface area contributed by atoms with E-state index in [1.54, 1.807) is 6.33 Å². The molecule has 1 aromatic carbocycles. The Kier molecular flexibility index (Phi) is 2.52. The number of nitrogens with zero attached hydrogens (tertiary/aromatic N) is 3. The van der Waals surface area contributed by atoms with Crippen LogP contribution in [0.2, 0.25) is 0 Å². The minimum atomic E-state index is 0.990. The average molecular weight is 236 g/mol. The van der Waals surface area contributed by atoms with E-state index in [2.05, 4.69) is 51.1 Å². The Bertz CT molecular complexity index is 720. The zero-order valence-electron chi connectivity index (χ0n) is 10.5. The highest BCUT2D eigenvalue weighted by atomic mass is 15.0. The third kappa shape index (κ3) is 1.64. The second kappa shape index (κ2) is 4.18. The number of hydrogen-bond acceptors (Lipinski definition) is 2. The van der Waals surface area contributed by atoms with Gasteiger partial charge in [0.2, 0.25) is 5.69 Å². The molecular formula is C15H14N3+. The van der Waals surface area contributed by atoms with E-state index in [1.807, 2.05) is 20.2 Å². The Balaban J connectivity index is 2.42. The van der Waals surface area contributed by atoms with Gasteiger partial charge in [-0.05, 0) is 23.9 Å². The van der Waals surface area contributed by atoms with Crippen LogP contribution in [0.1, 0.15) is 5.56 Å². The zero-order valence-corrected chi connectivity index (χ0v) is 10.5. The van der Waals surface area contributed by atoms with Crippen LogP contribution in [0.15, 0.2) is 49.1 Å².